The number of allylic oxidation sites excluding steroid dienone is 1. The van der Waals surface area contributed by atoms with Gasteiger partial charge in [-0.05, 0) is 51.7 Å². The predicted octanol–water partition coefficient (Wildman–Crippen LogP) is 3.38. The summed E-state index contributed by atoms with van der Waals surface area (Å²) < 4.78 is 36.1. The van der Waals surface area contributed by atoms with E-state index >= 15 is 0 Å². The second-order valence-corrected chi connectivity index (χ2v) is 8.80. The summed E-state index contributed by atoms with van der Waals surface area (Å²) in [6, 6.07) is 6.61. The molecule has 0 N–H and O–H groups in total. The van der Waals surface area contributed by atoms with E-state index in [9.17, 15) is 13.2 Å². The summed E-state index contributed by atoms with van der Waals surface area (Å²) in [6.45, 7) is 7.54. The second-order valence-electron chi connectivity index (χ2n) is 7.23. The average Bonchev–Trinajstić information content (AvgIpc) is 2.79. The first-order chi connectivity index (χ1) is 11.7. The maximum absolute atomic E-state index is 12.5. The number of ether oxygens (including phenoxy) is 1. The molecular weight excluding hydrogens is 340 g/mol. The quantitative estimate of drug-likeness (QED) is 0.455. The van der Waals surface area contributed by atoms with Crippen LogP contribution in [0.1, 0.15) is 38.2 Å². The van der Waals surface area contributed by atoms with Crippen molar-refractivity contribution in [2.24, 2.45) is 11.8 Å². The molecule has 1 aromatic rings. The van der Waals surface area contributed by atoms with E-state index in [1.54, 1.807) is 30.3 Å². The molecule has 0 unspecified atom stereocenters. The van der Waals surface area contributed by atoms with Crippen LogP contribution in [0.4, 0.5) is 0 Å². The lowest BCUT2D eigenvalue weighted by molar-refractivity contribution is -0.151. The third-order valence-corrected chi connectivity index (χ3v) is 6.75. The van der Waals surface area contributed by atoms with Crippen LogP contribution < -0.4 is 0 Å². The number of aryl methyl sites for hydroxylation is 1. The van der Waals surface area contributed by atoms with Crippen molar-refractivity contribution >= 4 is 16.1 Å². The molecule has 25 heavy (non-hydrogen) atoms. The molecule has 1 aliphatic carbocycles. The zero-order valence-electron chi connectivity index (χ0n) is 14.6. The van der Waals surface area contributed by atoms with E-state index in [-0.39, 0.29) is 22.7 Å². The lowest BCUT2D eigenvalue weighted by Gasteiger charge is -2.38. The third-order valence-electron chi connectivity index (χ3n) is 5.38. The molecule has 5 nitrogen and oxygen atoms in total. The zero-order chi connectivity index (χ0) is 18.2. The topological polar surface area (TPSA) is 69.7 Å². The summed E-state index contributed by atoms with van der Waals surface area (Å²) in [5.41, 5.74) is 0.458. The van der Waals surface area contributed by atoms with Gasteiger partial charge in [0.2, 0.25) is 0 Å². The van der Waals surface area contributed by atoms with Crippen LogP contribution in [-0.2, 0) is 23.8 Å². The summed E-state index contributed by atoms with van der Waals surface area (Å²) in [4.78, 5) is 12.3. The number of hydrogen-bond acceptors (Lipinski definition) is 5. The Morgan fingerprint density at radius 1 is 1.36 bits per heavy atom. The van der Waals surface area contributed by atoms with E-state index in [4.69, 9.17) is 8.92 Å². The number of carbonyl (C=O) groups excluding carboxylic acids is 1. The predicted molar refractivity (Wildman–Crippen MR) is 93.4 cm³/mol. The summed E-state index contributed by atoms with van der Waals surface area (Å²) in [6.07, 6.45) is 3.45. The molecule has 0 spiro atoms. The van der Waals surface area contributed by atoms with Gasteiger partial charge in [0.05, 0.1) is 16.9 Å². The summed E-state index contributed by atoms with van der Waals surface area (Å²) in [5.74, 6) is -0.532. The van der Waals surface area contributed by atoms with Crippen LogP contribution in [0.15, 0.2) is 41.8 Å². The largest absolute Gasteiger partial charge is 0.459 e. The van der Waals surface area contributed by atoms with Gasteiger partial charge in [0.15, 0.2) is 0 Å². The smallest absolute Gasteiger partial charge is 0.310 e. The van der Waals surface area contributed by atoms with Crippen molar-refractivity contribution in [1.82, 2.24) is 0 Å². The molecule has 0 radical (unpaired) electrons. The van der Waals surface area contributed by atoms with Gasteiger partial charge in [0, 0.05) is 5.92 Å². The van der Waals surface area contributed by atoms with Gasteiger partial charge in [-0.3, -0.25) is 8.98 Å². The molecule has 1 aromatic carbocycles. The first-order valence-electron chi connectivity index (χ1n) is 8.59. The molecule has 1 heterocycles. The Bertz CT molecular complexity index is 768. The lowest BCUT2D eigenvalue weighted by atomic mass is 9.70. The molecule has 136 valence electrons. The highest BCUT2D eigenvalue weighted by Gasteiger charge is 2.55. The Morgan fingerprint density at radius 3 is 2.68 bits per heavy atom. The Hall–Kier alpha value is -1.66. The summed E-state index contributed by atoms with van der Waals surface area (Å²) >= 11 is 0. The monoisotopic (exact) mass is 364 g/mol. The fraction of sp³-hybridized carbons (Fsp3) is 0.526. The summed E-state index contributed by atoms with van der Waals surface area (Å²) in [5, 5.41) is 0. The van der Waals surface area contributed by atoms with Crippen LogP contribution in [0, 0.1) is 18.8 Å². The van der Waals surface area contributed by atoms with E-state index in [0.717, 1.165) is 5.56 Å². The molecule has 1 aliphatic heterocycles. The first-order valence-corrected chi connectivity index (χ1v) is 10.00. The van der Waals surface area contributed by atoms with Crippen LogP contribution in [-0.4, -0.2) is 26.1 Å². The normalized spacial score (nSPS) is 32.1. The molecule has 2 fully saturated rings. The van der Waals surface area contributed by atoms with Crippen molar-refractivity contribution in [3.8, 4) is 0 Å². The number of rotatable bonds is 5. The summed E-state index contributed by atoms with van der Waals surface area (Å²) in [7, 11) is -3.81. The van der Waals surface area contributed by atoms with Crippen molar-refractivity contribution in [2.45, 2.75) is 56.1 Å². The van der Waals surface area contributed by atoms with Gasteiger partial charge in [0.1, 0.15) is 5.60 Å². The van der Waals surface area contributed by atoms with E-state index in [2.05, 4.69) is 6.58 Å². The minimum Gasteiger partial charge on any atom is -0.459 e. The Kier molecular flexibility index (Phi) is 4.77. The number of fused-ring (bicyclic) bond motifs is 1. The molecule has 4 atom stereocenters. The van der Waals surface area contributed by atoms with E-state index < -0.39 is 21.8 Å². The van der Waals surface area contributed by atoms with Crippen molar-refractivity contribution < 1.29 is 22.1 Å². The zero-order valence-corrected chi connectivity index (χ0v) is 15.4. The Labute approximate surface area is 149 Å². The van der Waals surface area contributed by atoms with E-state index in [1.807, 2.05) is 13.8 Å². The standard InChI is InChI=1S/C19H24O5S/c1-4-5-16-17-12-14(10-11-19(17,3)23-18(16)20)24-25(21,22)15-8-6-13(2)7-9-15/h4,6-9,14,16-17H,1,5,10-12H2,2-3H3/t14-,16-,17-,19-/m1/s1. The van der Waals surface area contributed by atoms with Crippen LogP contribution in [0.25, 0.3) is 0 Å². The number of esters is 1. The fourth-order valence-corrected chi connectivity index (χ4v) is 5.05. The Balaban J connectivity index is 1.76. The minimum atomic E-state index is -3.81. The maximum atomic E-state index is 12.5. The molecule has 1 saturated heterocycles. The van der Waals surface area contributed by atoms with Gasteiger partial charge in [0.25, 0.3) is 10.1 Å². The molecule has 1 saturated carbocycles. The van der Waals surface area contributed by atoms with Crippen molar-refractivity contribution in [3.63, 3.8) is 0 Å². The van der Waals surface area contributed by atoms with Crippen LogP contribution in [0.5, 0.6) is 0 Å². The van der Waals surface area contributed by atoms with E-state index in [1.165, 1.54) is 0 Å². The average molecular weight is 364 g/mol. The Morgan fingerprint density at radius 2 is 2.04 bits per heavy atom. The van der Waals surface area contributed by atoms with Gasteiger partial charge < -0.3 is 4.74 Å². The molecular formula is C19H24O5S. The van der Waals surface area contributed by atoms with Gasteiger partial charge in [-0.15, -0.1) is 6.58 Å². The molecule has 0 aromatic heterocycles. The first kappa shape index (κ1) is 18.1. The lowest BCUT2D eigenvalue weighted by Crippen LogP contribution is -2.42. The van der Waals surface area contributed by atoms with Crippen molar-refractivity contribution in [2.75, 3.05) is 0 Å². The number of benzene rings is 1. The second kappa shape index (κ2) is 6.57. The highest BCUT2D eigenvalue weighted by Crippen LogP contribution is 2.49. The molecule has 3 rings (SSSR count). The van der Waals surface area contributed by atoms with Gasteiger partial charge in [-0.1, -0.05) is 23.8 Å². The fourth-order valence-electron chi connectivity index (χ4n) is 3.94. The van der Waals surface area contributed by atoms with Crippen LogP contribution in [0.3, 0.4) is 0 Å². The van der Waals surface area contributed by atoms with Gasteiger partial charge >= 0.3 is 5.97 Å². The third kappa shape index (κ3) is 3.51. The SMILES string of the molecule is C=CC[C@H]1C(=O)O[C@]2(C)CC[C@@H](OS(=O)(=O)c3ccc(C)cc3)C[C@H]12. The molecule has 0 bridgehead atoms. The van der Waals surface area contributed by atoms with Crippen molar-refractivity contribution in [3.05, 3.63) is 42.5 Å². The number of carbonyl (C=O) groups is 1. The molecule has 0 amide bonds. The molecule has 2 aliphatic rings. The molecule has 6 heteroatoms. The number of hydrogen-bond donors (Lipinski definition) is 0. The maximum Gasteiger partial charge on any atom is 0.310 e. The van der Waals surface area contributed by atoms with Gasteiger partial charge in [-0.25, -0.2) is 0 Å². The highest BCUT2D eigenvalue weighted by molar-refractivity contribution is 7.86. The highest BCUT2D eigenvalue weighted by atomic mass is 32.2. The van der Waals surface area contributed by atoms with Crippen LogP contribution in [0.2, 0.25) is 0 Å². The minimum absolute atomic E-state index is 0.0510. The van der Waals surface area contributed by atoms with E-state index in [0.29, 0.717) is 25.7 Å². The van der Waals surface area contributed by atoms with Crippen LogP contribution >= 0.6 is 0 Å². The van der Waals surface area contributed by atoms with Crippen molar-refractivity contribution in [1.29, 1.82) is 0 Å². The van der Waals surface area contributed by atoms with Gasteiger partial charge in [-0.2, -0.15) is 8.42 Å².